The number of carbonyl (C=O) groups excluding carboxylic acids is 1. The maximum atomic E-state index is 12.0. The molecule has 1 aromatic rings. The molecule has 1 aliphatic carbocycles. The van der Waals surface area contributed by atoms with Crippen LogP contribution in [0.3, 0.4) is 0 Å². The van der Waals surface area contributed by atoms with Crippen LogP contribution in [0.15, 0.2) is 28.7 Å². The van der Waals surface area contributed by atoms with Gasteiger partial charge < -0.3 is 0 Å². The lowest BCUT2D eigenvalue weighted by Gasteiger charge is -2.20. The van der Waals surface area contributed by atoms with Crippen LogP contribution in [-0.4, -0.2) is 16.8 Å². The number of hydrogen-bond donors (Lipinski definition) is 0. The summed E-state index contributed by atoms with van der Waals surface area (Å²) in [7, 11) is 0. The van der Waals surface area contributed by atoms with E-state index in [1.807, 2.05) is 24.3 Å². The zero-order chi connectivity index (χ0) is 13.5. The molecular weight excluding hydrogens is 320 g/mol. The third-order valence-corrected chi connectivity index (χ3v) is 5.62. The number of halogens is 1. The van der Waals surface area contributed by atoms with E-state index in [1.54, 1.807) is 0 Å². The van der Waals surface area contributed by atoms with Crippen molar-refractivity contribution in [2.75, 3.05) is 5.75 Å². The molecule has 104 valence electrons. The van der Waals surface area contributed by atoms with Crippen LogP contribution in [0.1, 0.15) is 55.3 Å². The summed E-state index contributed by atoms with van der Waals surface area (Å²) in [5, 5.41) is 0.858. The third-order valence-electron chi connectivity index (χ3n) is 3.62. The summed E-state index contributed by atoms with van der Waals surface area (Å²) in [6, 6.07) is 7.68. The van der Waals surface area contributed by atoms with Crippen LogP contribution < -0.4 is 0 Å². The SMILES string of the molecule is O=C(CCCSC1CCCCC1)c1ccc(Br)cc1. The van der Waals surface area contributed by atoms with Gasteiger partial charge in [0, 0.05) is 21.7 Å². The molecule has 0 spiro atoms. The summed E-state index contributed by atoms with van der Waals surface area (Å²) < 4.78 is 1.02. The summed E-state index contributed by atoms with van der Waals surface area (Å²) >= 11 is 5.47. The average Bonchev–Trinajstić information content (AvgIpc) is 2.45. The molecule has 1 aromatic carbocycles. The molecule has 1 fully saturated rings. The Hall–Kier alpha value is -0.280. The Morgan fingerprint density at radius 1 is 1.16 bits per heavy atom. The van der Waals surface area contributed by atoms with Crippen LogP contribution in [-0.2, 0) is 0 Å². The van der Waals surface area contributed by atoms with Gasteiger partial charge in [0.1, 0.15) is 0 Å². The van der Waals surface area contributed by atoms with Crippen molar-refractivity contribution >= 4 is 33.5 Å². The molecule has 0 bridgehead atoms. The quantitative estimate of drug-likeness (QED) is 0.503. The van der Waals surface area contributed by atoms with Crippen LogP contribution >= 0.6 is 27.7 Å². The highest BCUT2D eigenvalue weighted by molar-refractivity contribution is 9.10. The molecule has 2 rings (SSSR count). The van der Waals surface area contributed by atoms with Gasteiger partial charge in [0.15, 0.2) is 5.78 Å². The monoisotopic (exact) mass is 340 g/mol. The number of hydrogen-bond acceptors (Lipinski definition) is 2. The molecule has 0 saturated heterocycles. The molecule has 0 radical (unpaired) electrons. The van der Waals surface area contributed by atoms with Gasteiger partial charge in [-0.05, 0) is 37.1 Å². The summed E-state index contributed by atoms with van der Waals surface area (Å²) in [5.41, 5.74) is 0.839. The lowest BCUT2D eigenvalue weighted by Crippen LogP contribution is -2.09. The lowest BCUT2D eigenvalue weighted by atomic mass is 10.0. The number of carbonyl (C=O) groups is 1. The molecule has 0 N–H and O–H groups in total. The van der Waals surface area contributed by atoms with Gasteiger partial charge in [-0.25, -0.2) is 0 Å². The van der Waals surface area contributed by atoms with Gasteiger partial charge >= 0.3 is 0 Å². The van der Waals surface area contributed by atoms with Crippen molar-refractivity contribution in [3.8, 4) is 0 Å². The van der Waals surface area contributed by atoms with E-state index in [0.29, 0.717) is 6.42 Å². The molecule has 0 aliphatic heterocycles. The van der Waals surface area contributed by atoms with Crippen molar-refractivity contribution < 1.29 is 4.79 Å². The molecule has 3 heteroatoms. The number of thioether (sulfide) groups is 1. The van der Waals surface area contributed by atoms with Crippen LogP contribution in [0, 0.1) is 0 Å². The Morgan fingerprint density at radius 2 is 1.84 bits per heavy atom. The highest BCUT2D eigenvalue weighted by Gasteiger charge is 2.13. The minimum atomic E-state index is 0.275. The summed E-state index contributed by atoms with van der Waals surface area (Å²) in [5.74, 6) is 1.41. The Morgan fingerprint density at radius 3 is 2.53 bits per heavy atom. The second-order valence-electron chi connectivity index (χ2n) is 5.16. The van der Waals surface area contributed by atoms with Crippen molar-refractivity contribution in [2.45, 2.75) is 50.2 Å². The van der Waals surface area contributed by atoms with Crippen molar-refractivity contribution in [1.29, 1.82) is 0 Å². The first kappa shape index (κ1) is 15.1. The summed E-state index contributed by atoms with van der Waals surface area (Å²) in [4.78, 5) is 12.0. The zero-order valence-corrected chi connectivity index (χ0v) is 13.6. The predicted octanol–water partition coefficient (Wildman–Crippen LogP) is 5.48. The van der Waals surface area contributed by atoms with Gasteiger partial charge in [0.05, 0.1) is 0 Å². The largest absolute Gasteiger partial charge is 0.294 e. The van der Waals surface area contributed by atoms with Crippen molar-refractivity contribution in [3.63, 3.8) is 0 Å². The van der Waals surface area contributed by atoms with Gasteiger partial charge in [-0.2, -0.15) is 11.8 Å². The van der Waals surface area contributed by atoms with Crippen LogP contribution in [0.5, 0.6) is 0 Å². The first-order valence-electron chi connectivity index (χ1n) is 7.16. The third kappa shape index (κ3) is 5.31. The van der Waals surface area contributed by atoms with Crippen molar-refractivity contribution in [2.24, 2.45) is 0 Å². The van der Waals surface area contributed by atoms with Crippen molar-refractivity contribution in [1.82, 2.24) is 0 Å². The Bertz CT molecular complexity index is 396. The minimum absolute atomic E-state index is 0.275. The predicted molar refractivity (Wildman–Crippen MR) is 87.0 cm³/mol. The van der Waals surface area contributed by atoms with E-state index < -0.39 is 0 Å². The maximum absolute atomic E-state index is 12.0. The molecule has 0 atom stereocenters. The standard InChI is InChI=1S/C16H21BrOS/c17-14-10-8-13(9-11-14)16(18)7-4-12-19-15-5-2-1-3-6-15/h8-11,15H,1-7,12H2. The van der Waals surface area contributed by atoms with Crippen molar-refractivity contribution in [3.05, 3.63) is 34.3 Å². The van der Waals surface area contributed by atoms with Crippen LogP contribution in [0.2, 0.25) is 0 Å². The van der Waals surface area contributed by atoms with Crippen LogP contribution in [0.25, 0.3) is 0 Å². The molecule has 1 nitrogen and oxygen atoms in total. The second kappa shape index (κ2) is 8.11. The molecule has 0 amide bonds. The smallest absolute Gasteiger partial charge is 0.162 e. The number of ketones is 1. The van der Waals surface area contributed by atoms with E-state index in [4.69, 9.17) is 0 Å². The summed E-state index contributed by atoms with van der Waals surface area (Å²) in [6.45, 7) is 0. The lowest BCUT2D eigenvalue weighted by molar-refractivity contribution is 0.0982. The molecule has 1 saturated carbocycles. The van der Waals surface area contributed by atoms with Gasteiger partial charge in [-0.1, -0.05) is 47.3 Å². The molecule has 0 aromatic heterocycles. The van der Waals surface area contributed by atoms with E-state index >= 15 is 0 Å². The van der Waals surface area contributed by atoms with E-state index in [9.17, 15) is 4.79 Å². The highest BCUT2D eigenvalue weighted by Crippen LogP contribution is 2.28. The minimum Gasteiger partial charge on any atom is -0.294 e. The second-order valence-corrected chi connectivity index (χ2v) is 7.49. The Balaban J connectivity index is 1.64. The number of benzene rings is 1. The Labute approximate surface area is 128 Å². The highest BCUT2D eigenvalue weighted by atomic mass is 79.9. The van der Waals surface area contributed by atoms with Gasteiger partial charge in [-0.15, -0.1) is 0 Å². The topological polar surface area (TPSA) is 17.1 Å². The van der Waals surface area contributed by atoms with E-state index in [2.05, 4.69) is 27.7 Å². The fourth-order valence-electron chi connectivity index (χ4n) is 2.49. The van der Waals surface area contributed by atoms with Crippen LogP contribution in [0.4, 0.5) is 0 Å². The maximum Gasteiger partial charge on any atom is 0.162 e. The molecule has 19 heavy (non-hydrogen) atoms. The van der Waals surface area contributed by atoms with E-state index in [1.165, 1.54) is 32.1 Å². The zero-order valence-electron chi connectivity index (χ0n) is 11.2. The Kier molecular flexibility index (Phi) is 6.45. The molecule has 0 heterocycles. The molecular formula is C16H21BrOS. The van der Waals surface area contributed by atoms with E-state index in [-0.39, 0.29) is 5.78 Å². The molecule has 1 aliphatic rings. The normalized spacial score (nSPS) is 16.5. The van der Waals surface area contributed by atoms with E-state index in [0.717, 1.165) is 27.5 Å². The fourth-order valence-corrected chi connectivity index (χ4v) is 4.07. The first-order valence-corrected chi connectivity index (χ1v) is 9.00. The average molecular weight is 341 g/mol. The number of Topliss-reactive ketones (excluding diaryl/α,β-unsaturated/α-hetero) is 1. The van der Waals surface area contributed by atoms with Gasteiger partial charge in [-0.3, -0.25) is 4.79 Å². The molecule has 0 unspecified atom stereocenters. The number of rotatable bonds is 6. The fraction of sp³-hybridized carbons (Fsp3) is 0.562. The first-order chi connectivity index (χ1) is 9.25. The summed E-state index contributed by atoms with van der Waals surface area (Å²) in [6.07, 6.45) is 8.66. The van der Waals surface area contributed by atoms with Gasteiger partial charge in [0.25, 0.3) is 0 Å². The van der Waals surface area contributed by atoms with Gasteiger partial charge in [0.2, 0.25) is 0 Å².